The SMILES string of the molecule is CCn1c(Cc2cccs2)nnc1SCc1cc(=O)n2ccsc2n1. The minimum atomic E-state index is -0.0443. The molecular formula is C16H15N5OS3. The highest BCUT2D eigenvalue weighted by atomic mass is 32.2. The van der Waals surface area contributed by atoms with Crippen molar-refractivity contribution in [2.24, 2.45) is 0 Å². The summed E-state index contributed by atoms with van der Waals surface area (Å²) < 4.78 is 3.69. The summed E-state index contributed by atoms with van der Waals surface area (Å²) in [5, 5.41) is 13.5. The second-order valence-corrected chi connectivity index (χ2v) is 8.18. The van der Waals surface area contributed by atoms with Crippen molar-refractivity contribution in [1.29, 1.82) is 0 Å². The van der Waals surface area contributed by atoms with Crippen molar-refractivity contribution in [3.05, 3.63) is 61.9 Å². The van der Waals surface area contributed by atoms with Gasteiger partial charge in [0.1, 0.15) is 5.82 Å². The number of hydrogen-bond donors (Lipinski definition) is 0. The van der Waals surface area contributed by atoms with Crippen molar-refractivity contribution < 1.29 is 0 Å². The molecule has 0 N–H and O–H groups in total. The van der Waals surface area contributed by atoms with Gasteiger partial charge < -0.3 is 4.57 Å². The normalized spacial score (nSPS) is 11.4. The van der Waals surface area contributed by atoms with Gasteiger partial charge in [0, 0.05) is 41.2 Å². The van der Waals surface area contributed by atoms with Crippen LogP contribution in [0.5, 0.6) is 0 Å². The second-order valence-electron chi connectivity index (χ2n) is 5.33. The van der Waals surface area contributed by atoms with Crippen LogP contribution in [0.1, 0.15) is 23.3 Å². The smallest absolute Gasteiger partial charge is 0.258 e. The van der Waals surface area contributed by atoms with Gasteiger partial charge >= 0.3 is 0 Å². The third kappa shape index (κ3) is 3.39. The molecule has 0 spiro atoms. The molecular weight excluding hydrogens is 374 g/mol. The maximum Gasteiger partial charge on any atom is 0.258 e. The summed E-state index contributed by atoms with van der Waals surface area (Å²) in [5.41, 5.74) is 0.722. The molecule has 0 aliphatic rings. The molecule has 25 heavy (non-hydrogen) atoms. The highest BCUT2D eigenvalue weighted by molar-refractivity contribution is 7.98. The van der Waals surface area contributed by atoms with E-state index in [1.54, 1.807) is 39.8 Å². The van der Waals surface area contributed by atoms with Gasteiger partial charge in [-0.05, 0) is 18.4 Å². The molecule has 0 saturated heterocycles. The first-order chi connectivity index (χ1) is 12.2. The summed E-state index contributed by atoms with van der Waals surface area (Å²) in [6, 6.07) is 5.75. The number of thiophene rings is 1. The largest absolute Gasteiger partial charge is 0.306 e. The maximum atomic E-state index is 12.1. The molecule has 4 aromatic rings. The summed E-state index contributed by atoms with van der Waals surface area (Å²) in [6.07, 6.45) is 2.54. The predicted molar refractivity (Wildman–Crippen MR) is 102 cm³/mol. The Morgan fingerprint density at radius 3 is 2.96 bits per heavy atom. The first-order valence-corrected chi connectivity index (χ1v) is 10.5. The van der Waals surface area contributed by atoms with Gasteiger partial charge in [-0.2, -0.15) is 0 Å². The number of rotatable bonds is 6. The fourth-order valence-corrected chi connectivity index (χ4v) is 4.90. The van der Waals surface area contributed by atoms with Gasteiger partial charge in [-0.15, -0.1) is 32.9 Å². The van der Waals surface area contributed by atoms with Crippen molar-refractivity contribution >= 4 is 39.4 Å². The first kappa shape index (κ1) is 16.5. The van der Waals surface area contributed by atoms with Crippen molar-refractivity contribution in [2.45, 2.75) is 30.8 Å². The molecule has 0 radical (unpaired) electrons. The number of hydrogen-bond acceptors (Lipinski definition) is 7. The minimum absolute atomic E-state index is 0.0443. The molecule has 6 nitrogen and oxygen atoms in total. The van der Waals surface area contributed by atoms with Crippen molar-refractivity contribution in [1.82, 2.24) is 24.1 Å². The zero-order valence-electron chi connectivity index (χ0n) is 13.5. The Bertz CT molecular complexity index is 1050. The molecule has 9 heteroatoms. The quantitative estimate of drug-likeness (QED) is 0.473. The summed E-state index contributed by atoms with van der Waals surface area (Å²) in [6.45, 7) is 2.91. The van der Waals surface area contributed by atoms with E-state index in [1.807, 2.05) is 11.4 Å². The van der Waals surface area contributed by atoms with Crippen LogP contribution in [-0.2, 0) is 18.7 Å². The van der Waals surface area contributed by atoms with Crippen LogP contribution >= 0.6 is 34.4 Å². The van der Waals surface area contributed by atoms with E-state index in [1.165, 1.54) is 16.2 Å². The second kappa shape index (κ2) is 7.11. The van der Waals surface area contributed by atoms with E-state index < -0.39 is 0 Å². The number of aromatic nitrogens is 5. The first-order valence-electron chi connectivity index (χ1n) is 7.77. The molecule has 0 saturated carbocycles. The third-order valence-corrected chi connectivity index (χ3v) is 6.36. The number of thioether (sulfide) groups is 1. The summed E-state index contributed by atoms with van der Waals surface area (Å²) in [4.78, 5) is 18.6. The Hall–Kier alpha value is -1.97. The number of fused-ring (bicyclic) bond motifs is 1. The molecule has 0 aromatic carbocycles. The lowest BCUT2D eigenvalue weighted by molar-refractivity contribution is 0.652. The Morgan fingerprint density at radius 1 is 1.24 bits per heavy atom. The molecule has 4 rings (SSSR count). The fourth-order valence-electron chi connectivity index (χ4n) is 2.54. The van der Waals surface area contributed by atoms with Crippen LogP contribution in [-0.4, -0.2) is 24.1 Å². The molecule has 0 unspecified atom stereocenters. The van der Waals surface area contributed by atoms with Gasteiger partial charge in [0.2, 0.25) is 0 Å². The molecule has 0 amide bonds. The Morgan fingerprint density at radius 2 is 2.16 bits per heavy atom. The maximum absolute atomic E-state index is 12.1. The molecule has 0 aliphatic heterocycles. The van der Waals surface area contributed by atoms with Crippen LogP contribution in [0.3, 0.4) is 0 Å². The average Bonchev–Trinajstić information content (AvgIpc) is 3.34. The molecule has 4 heterocycles. The molecule has 128 valence electrons. The van der Waals surface area contributed by atoms with Crippen LogP contribution in [0, 0.1) is 0 Å². The lowest BCUT2D eigenvalue weighted by Gasteiger charge is -2.06. The van der Waals surface area contributed by atoms with E-state index in [4.69, 9.17) is 0 Å². The lowest BCUT2D eigenvalue weighted by atomic mass is 10.3. The van der Waals surface area contributed by atoms with E-state index in [2.05, 4.69) is 38.1 Å². The van der Waals surface area contributed by atoms with E-state index in [0.29, 0.717) is 5.75 Å². The van der Waals surface area contributed by atoms with Gasteiger partial charge in [0.05, 0.1) is 5.69 Å². The van der Waals surface area contributed by atoms with Gasteiger partial charge in [-0.1, -0.05) is 17.8 Å². The van der Waals surface area contributed by atoms with E-state index >= 15 is 0 Å². The molecule has 0 bridgehead atoms. The summed E-state index contributed by atoms with van der Waals surface area (Å²) in [7, 11) is 0. The summed E-state index contributed by atoms with van der Waals surface area (Å²) >= 11 is 4.75. The lowest BCUT2D eigenvalue weighted by Crippen LogP contribution is -2.12. The van der Waals surface area contributed by atoms with Crippen LogP contribution < -0.4 is 5.56 Å². The van der Waals surface area contributed by atoms with Crippen molar-refractivity contribution in [3.8, 4) is 0 Å². The topological polar surface area (TPSA) is 65.1 Å². The zero-order valence-corrected chi connectivity index (χ0v) is 15.9. The van der Waals surface area contributed by atoms with Crippen LogP contribution in [0.25, 0.3) is 4.96 Å². The van der Waals surface area contributed by atoms with Gasteiger partial charge in [0.25, 0.3) is 5.56 Å². The van der Waals surface area contributed by atoms with E-state index in [9.17, 15) is 4.79 Å². The molecule has 0 atom stereocenters. The highest BCUT2D eigenvalue weighted by Crippen LogP contribution is 2.23. The minimum Gasteiger partial charge on any atom is -0.306 e. The molecule has 0 aliphatic carbocycles. The van der Waals surface area contributed by atoms with Gasteiger partial charge in [-0.3, -0.25) is 9.20 Å². The van der Waals surface area contributed by atoms with E-state index in [0.717, 1.165) is 34.6 Å². The standard InChI is InChI=1S/C16H15N5OS3/c1-2-20-13(9-12-4-3-6-23-12)18-19-16(20)25-10-11-8-14(22)21-5-7-24-15(21)17-11/h3-8H,2,9-10H2,1H3. The number of nitrogens with zero attached hydrogens (tertiary/aromatic N) is 5. The molecule has 4 aromatic heterocycles. The van der Waals surface area contributed by atoms with Crippen LogP contribution in [0.15, 0.2) is 45.1 Å². The van der Waals surface area contributed by atoms with E-state index in [-0.39, 0.29) is 5.56 Å². The Kier molecular flexibility index (Phi) is 4.69. The van der Waals surface area contributed by atoms with Gasteiger partial charge in [0.15, 0.2) is 10.1 Å². The average molecular weight is 390 g/mol. The highest BCUT2D eigenvalue weighted by Gasteiger charge is 2.13. The fraction of sp³-hybridized carbons (Fsp3) is 0.250. The monoisotopic (exact) mass is 389 g/mol. The number of thiazole rings is 1. The van der Waals surface area contributed by atoms with Crippen molar-refractivity contribution in [3.63, 3.8) is 0 Å². The predicted octanol–water partition coefficient (Wildman–Crippen LogP) is 3.31. The molecule has 0 fully saturated rings. The van der Waals surface area contributed by atoms with Gasteiger partial charge in [-0.25, -0.2) is 4.98 Å². The summed E-state index contributed by atoms with van der Waals surface area (Å²) in [5.74, 6) is 1.56. The van der Waals surface area contributed by atoms with Crippen molar-refractivity contribution in [2.75, 3.05) is 0 Å². The van der Waals surface area contributed by atoms with Crippen LogP contribution in [0.4, 0.5) is 0 Å². The van der Waals surface area contributed by atoms with Crippen LogP contribution in [0.2, 0.25) is 0 Å². The Balaban J connectivity index is 1.54. The Labute approximate surface area is 156 Å². The third-order valence-electron chi connectivity index (χ3n) is 3.73. The zero-order chi connectivity index (χ0) is 17.2.